The van der Waals surface area contributed by atoms with Crippen LogP contribution in [-0.4, -0.2) is 116 Å². The number of aromatic nitrogens is 2. The van der Waals surface area contributed by atoms with Crippen molar-refractivity contribution in [2.24, 2.45) is 11.7 Å². The molecule has 2 rings (SSSR count). The molecule has 26 nitrogen and oxygen atoms in total. The van der Waals surface area contributed by atoms with Crippen molar-refractivity contribution in [1.82, 2.24) is 25.5 Å². The van der Waals surface area contributed by atoms with Gasteiger partial charge < -0.3 is 61.4 Å². The number of amides is 3. The van der Waals surface area contributed by atoms with E-state index >= 15 is 0 Å². The van der Waals surface area contributed by atoms with E-state index in [4.69, 9.17) is 30.2 Å². The molecule has 1 aromatic heterocycles. The number of ketones is 1. The summed E-state index contributed by atoms with van der Waals surface area (Å²) in [4.78, 5) is 95.7. The monoisotopic (exact) mass is 1020 g/mol. The van der Waals surface area contributed by atoms with E-state index in [1.54, 1.807) is 41.5 Å². The fourth-order valence-electron chi connectivity index (χ4n) is 6.18. The average Bonchev–Trinajstić information content (AvgIpc) is 3.54. The van der Waals surface area contributed by atoms with E-state index < -0.39 is 96.2 Å². The number of rotatable bonds is 30. The number of nitrogen functional groups attached to an aromatic ring is 1. The number of phosphoric acid groups is 3. The van der Waals surface area contributed by atoms with E-state index in [2.05, 4.69) is 34.1 Å². The van der Waals surface area contributed by atoms with Crippen LogP contribution in [0.15, 0.2) is 17.1 Å². The summed E-state index contributed by atoms with van der Waals surface area (Å²) in [5.41, 5.74) is 9.55. The normalized spacial score (nSPS) is 20.1. The molecule has 386 valence electrons. The van der Waals surface area contributed by atoms with Gasteiger partial charge in [0.15, 0.2) is 0 Å². The van der Waals surface area contributed by atoms with E-state index in [1.807, 2.05) is 0 Å². The second-order valence-electron chi connectivity index (χ2n) is 17.7. The number of phosphoric ester groups is 2. The topological polar surface area (TPSA) is 388 Å². The van der Waals surface area contributed by atoms with Gasteiger partial charge in [-0.2, -0.15) is 13.6 Å². The molecule has 3 amide bonds. The molecule has 6 unspecified atom stereocenters. The van der Waals surface area contributed by atoms with E-state index in [9.17, 15) is 57.5 Å². The van der Waals surface area contributed by atoms with Gasteiger partial charge in [-0.05, 0) is 92.6 Å². The largest absolute Gasteiger partial charge is 0.490 e. The Morgan fingerprint density at radius 1 is 0.806 bits per heavy atom. The van der Waals surface area contributed by atoms with Gasteiger partial charge in [0.1, 0.15) is 35.1 Å². The second kappa shape index (κ2) is 27.7. The van der Waals surface area contributed by atoms with E-state index in [-0.39, 0.29) is 43.3 Å². The molecule has 0 bridgehead atoms. The molecule has 1 fully saturated rings. The molecular weight excluding hydrogens is 951 g/mol. The number of nitrogens with two attached hydrogens (primary N) is 2. The summed E-state index contributed by atoms with van der Waals surface area (Å²) in [7, 11) is -16.6. The van der Waals surface area contributed by atoms with E-state index in [0.29, 0.717) is 70.9 Å². The number of ether oxygens (including phenoxy) is 3. The molecule has 1 saturated heterocycles. The summed E-state index contributed by atoms with van der Waals surface area (Å²) < 4.78 is 71.5. The van der Waals surface area contributed by atoms with Gasteiger partial charge in [-0.3, -0.25) is 23.2 Å². The minimum Gasteiger partial charge on any atom is -0.444 e. The number of anilines is 1. The lowest BCUT2D eigenvalue weighted by Crippen LogP contribution is -2.37. The highest BCUT2D eigenvalue weighted by Gasteiger charge is 2.44. The van der Waals surface area contributed by atoms with Crippen LogP contribution in [0, 0.1) is 5.92 Å². The van der Waals surface area contributed by atoms with Gasteiger partial charge in [0.05, 0.1) is 25.4 Å². The third-order valence-electron chi connectivity index (χ3n) is 9.30. The number of carbonyl (C=O) groups is 4. The third-order valence-corrected chi connectivity index (χ3v) is 13.6. The third kappa shape index (κ3) is 26.3. The molecule has 0 saturated carbocycles. The number of nitrogens with one attached hydrogen (secondary N) is 3. The number of carbonyl (C=O) groups excluding carboxylic acids is 4. The van der Waals surface area contributed by atoms with Crippen LogP contribution in [-0.2, 0) is 55.2 Å². The molecule has 1 aromatic rings. The number of aliphatic hydroxyl groups excluding tert-OH is 1. The second-order valence-corrected chi connectivity index (χ2v) is 22.3. The van der Waals surface area contributed by atoms with Crippen LogP contribution in [0.3, 0.4) is 0 Å². The van der Waals surface area contributed by atoms with Crippen LogP contribution in [0.2, 0.25) is 0 Å². The van der Waals surface area contributed by atoms with Crippen molar-refractivity contribution in [1.29, 1.82) is 0 Å². The Morgan fingerprint density at radius 3 is 1.90 bits per heavy atom. The molecular formula is C38H70N7O19P3. The molecule has 29 heteroatoms. The summed E-state index contributed by atoms with van der Waals surface area (Å²) in [5.74, 6) is -1.41. The van der Waals surface area contributed by atoms with Crippen molar-refractivity contribution in [2.45, 2.75) is 154 Å². The maximum absolute atomic E-state index is 13.3. The van der Waals surface area contributed by atoms with E-state index in [0.717, 1.165) is 4.57 Å². The quantitative estimate of drug-likeness (QED) is 0.0391. The molecule has 67 heavy (non-hydrogen) atoms. The highest BCUT2D eigenvalue weighted by molar-refractivity contribution is 7.66. The first kappa shape index (κ1) is 59.8. The predicted molar refractivity (Wildman–Crippen MR) is 240 cm³/mol. The fraction of sp³-hybridized carbons (Fsp3) is 0.789. The molecule has 1 aliphatic heterocycles. The molecule has 0 spiro atoms. The van der Waals surface area contributed by atoms with Crippen molar-refractivity contribution in [3.63, 3.8) is 0 Å². The van der Waals surface area contributed by atoms with Crippen molar-refractivity contribution < 1.29 is 84.5 Å². The van der Waals surface area contributed by atoms with Gasteiger partial charge >= 0.3 is 41.3 Å². The highest BCUT2D eigenvalue weighted by Crippen LogP contribution is 2.67. The van der Waals surface area contributed by atoms with E-state index in [1.165, 1.54) is 12.3 Å². The van der Waals surface area contributed by atoms with Gasteiger partial charge in [0, 0.05) is 44.6 Å². The zero-order valence-electron chi connectivity index (χ0n) is 38.9. The van der Waals surface area contributed by atoms with Crippen molar-refractivity contribution in [3.05, 3.63) is 22.7 Å². The number of aliphatic hydroxyl groups is 1. The van der Waals surface area contributed by atoms with Gasteiger partial charge in [0.25, 0.3) is 0 Å². The number of unbranched alkanes of at least 4 members (excludes halogenated alkanes) is 5. The number of Topliss-reactive ketones (excluding diaryl/α,β-unsaturated/α-hetero) is 1. The molecule has 1 aliphatic rings. The van der Waals surface area contributed by atoms with Crippen LogP contribution >= 0.6 is 23.5 Å². The van der Waals surface area contributed by atoms with Gasteiger partial charge in [-0.15, -0.1) is 0 Å². The predicted octanol–water partition coefficient (Wildman–Crippen LogP) is 3.81. The Morgan fingerprint density at radius 2 is 1.33 bits per heavy atom. The molecule has 2 heterocycles. The van der Waals surface area contributed by atoms with Crippen molar-refractivity contribution >= 4 is 53.2 Å². The average molecular weight is 1020 g/mol. The number of hydrogen-bond donors (Lipinski definition) is 9. The lowest BCUT2D eigenvalue weighted by molar-refractivity contribution is -0.130. The van der Waals surface area contributed by atoms with Crippen LogP contribution in [0.25, 0.3) is 0 Å². The Kier molecular flexibility index (Phi) is 24.7. The standard InChI is InChI=1S/C38H70N7O19P3/c1-37(2,3)61-35(50)42-19-12-9-15-26(23-28(46)27(39)16-10-13-20-43-36(51)62-38(4,5)6)33(48)41-18-11-7-8-14-22-58-65(52,53)63-67(56,57)64-66(54,55)59-25-30-29(47)24-32(60-30)45-21-17-31(40)44-34(45)49/h17,21,26-27,29-30,32,47H,7-16,18-20,22-25,39H2,1-6H3,(H,41,48)(H,42,50)(H,43,51)(H,52,53)(H,54,55)(H,56,57)(H2,40,44,49)/t26?,27?,29?,30-,32-/m1/s1. The first-order valence-corrected chi connectivity index (χ1v) is 26.3. The molecule has 11 N–H and O–H groups in total. The summed E-state index contributed by atoms with van der Waals surface area (Å²) in [5, 5.41) is 18.4. The smallest absolute Gasteiger partial charge is 0.444 e. The van der Waals surface area contributed by atoms with Crippen LogP contribution in [0.1, 0.15) is 125 Å². The van der Waals surface area contributed by atoms with Crippen LogP contribution < -0.4 is 33.1 Å². The fourth-order valence-corrected chi connectivity index (χ4v) is 9.73. The molecule has 0 aromatic carbocycles. The minimum atomic E-state index is -5.78. The summed E-state index contributed by atoms with van der Waals surface area (Å²) in [6.45, 7) is 10.0. The van der Waals surface area contributed by atoms with Crippen LogP contribution in [0.5, 0.6) is 0 Å². The zero-order chi connectivity index (χ0) is 50.6. The van der Waals surface area contributed by atoms with Gasteiger partial charge in [0.2, 0.25) is 5.91 Å². The summed E-state index contributed by atoms with van der Waals surface area (Å²) in [6, 6.07) is 0.480. The zero-order valence-corrected chi connectivity index (χ0v) is 41.5. The Bertz CT molecular complexity index is 1960. The lowest BCUT2D eigenvalue weighted by atomic mass is 9.91. The van der Waals surface area contributed by atoms with Crippen LogP contribution in [0.4, 0.5) is 15.4 Å². The van der Waals surface area contributed by atoms with Crippen molar-refractivity contribution in [3.8, 4) is 0 Å². The SMILES string of the molecule is CC(C)(C)OC(=O)NCCCCC(N)C(=O)CC(CCCCNC(=O)OC(C)(C)C)C(=O)NCCCCCCOP(=O)(O)OP(=O)(O)OP(=O)(O)OC[C@H]1O[C@@H](n2ccc(N)nc2=O)CC1O. The Hall–Kier alpha value is -3.35. The molecule has 0 aliphatic carbocycles. The number of nitrogens with zero attached hydrogens (tertiary/aromatic N) is 2. The maximum Gasteiger partial charge on any atom is 0.490 e. The van der Waals surface area contributed by atoms with Gasteiger partial charge in [-0.25, -0.2) is 28.1 Å². The molecule has 8 atom stereocenters. The molecule has 0 radical (unpaired) electrons. The number of alkyl carbamates (subject to hydrolysis) is 2. The lowest BCUT2D eigenvalue weighted by Gasteiger charge is -2.20. The summed E-state index contributed by atoms with van der Waals surface area (Å²) >= 11 is 0. The van der Waals surface area contributed by atoms with Crippen molar-refractivity contribution in [2.75, 3.05) is 38.6 Å². The first-order chi connectivity index (χ1) is 31.0. The maximum atomic E-state index is 13.3. The highest BCUT2D eigenvalue weighted by atomic mass is 31.3. The Balaban J connectivity index is 1.76. The Labute approximate surface area is 389 Å². The first-order valence-electron chi connectivity index (χ1n) is 21.8. The number of hydrogen-bond acceptors (Lipinski definition) is 19. The minimum absolute atomic E-state index is 0.0585. The summed E-state index contributed by atoms with van der Waals surface area (Å²) in [6.07, 6.45) is 0.482. The van der Waals surface area contributed by atoms with Gasteiger partial charge in [-0.1, -0.05) is 19.3 Å².